The van der Waals surface area contributed by atoms with Gasteiger partial charge in [0.2, 0.25) is 5.91 Å². The standard InChI is InChI=1S/C22H28N4O4S/c1-15(27)23-12-18-13-25(22(28)30-18)17-5-6-19-16(11-17)3-2-4-21-20(19)14-26(31-21)24-7-9-29-10-8-24/h5-6,11,18H,2-4,7-10,12-14H2,1H3,(H,23,27)/t18-/m0/s1. The summed E-state index contributed by atoms with van der Waals surface area (Å²) in [4.78, 5) is 26.7. The zero-order chi connectivity index (χ0) is 21.4. The lowest BCUT2D eigenvalue weighted by Crippen LogP contribution is -2.44. The van der Waals surface area contributed by atoms with Crippen LogP contribution in [0.15, 0.2) is 23.1 Å². The third-order valence-corrected chi connectivity index (χ3v) is 7.42. The van der Waals surface area contributed by atoms with Gasteiger partial charge in [0.15, 0.2) is 0 Å². The van der Waals surface area contributed by atoms with Crippen LogP contribution in [0.1, 0.15) is 30.9 Å². The second-order valence-electron chi connectivity index (χ2n) is 8.32. The minimum Gasteiger partial charge on any atom is -0.442 e. The second-order valence-corrected chi connectivity index (χ2v) is 9.41. The van der Waals surface area contributed by atoms with Gasteiger partial charge in [0.05, 0.1) is 32.8 Å². The molecule has 1 atom stereocenters. The van der Waals surface area contributed by atoms with E-state index in [4.69, 9.17) is 9.47 Å². The number of allylic oxidation sites excluding steroid dienone is 1. The van der Waals surface area contributed by atoms with Gasteiger partial charge in [0.1, 0.15) is 6.10 Å². The van der Waals surface area contributed by atoms with Crippen LogP contribution in [0, 0.1) is 0 Å². The van der Waals surface area contributed by atoms with Crippen LogP contribution in [-0.4, -0.2) is 73.5 Å². The Morgan fingerprint density at radius 2 is 2.10 bits per heavy atom. The summed E-state index contributed by atoms with van der Waals surface area (Å²) in [5.74, 6) is -0.121. The highest BCUT2D eigenvalue weighted by Crippen LogP contribution is 2.45. The molecule has 2 fully saturated rings. The maximum atomic E-state index is 12.4. The lowest BCUT2D eigenvalue weighted by Gasteiger charge is -2.33. The number of hydrogen-bond donors (Lipinski definition) is 1. The van der Waals surface area contributed by atoms with Gasteiger partial charge in [-0.15, -0.1) is 0 Å². The zero-order valence-electron chi connectivity index (χ0n) is 17.8. The van der Waals surface area contributed by atoms with E-state index in [1.807, 2.05) is 18.0 Å². The van der Waals surface area contributed by atoms with Crippen LogP contribution in [-0.2, 0) is 20.7 Å². The van der Waals surface area contributed by atoms with Crippen molar-refractivity contribution < 1.29 is 19.1 Å². The zero-order valence-corrected chi connectivity index (χ0v) is 18.6. The fourth-order valence-corrected chi connectivity index (χ4v) is 5.84. The molecule has 0 radical (unpaired) electrons. The van der Waals surface area contributed by atoms with Crippen LogP contribution in [0.5, 0.6) is 0 Å². The van der Waals surface area contributed by atoms with Gasteiger partial charge in [-0.2, -0.15) is 4.41 Å². The van der Waals surface area contributed by atoms with E-state index >= 15 is 0 Å². The van der Waals surface area contributed by atoms with E-state index in [0.29, 0.717) is 13.1 Å². The molecule has 8 nitrogen and oxygen atoms in total. The number of fused-ring (bicyclic) bond motifs is 2. The number of rotatable bonds is 4. The number of cyclic esters (lactones) is 1. The Morgan fingerprint density at radius 1 is 1.26 bits per heavy atom. The van der Waals surface area contributed by atoms with Crippen molar-refractivity contribution in [2.24, 2.45) is 0 Å². The SMILES string of the molecule is CC(=O)NC[C@H]1CN(c2ccc3c(c2)CCCC2=C3CN(N3CCOCC3)S2)C(=O)O1. The van der Waals surface area contributed by atoms with Crippen molar-refractivity contribution in [3.8, 4) is 0 Å². The summed E-state index contributed by atoms with van der Waals surface area (Å²) in [6.45, 7) is 6.63. The highest BCUT2D eigenvalue weighted by Gasteiger charge is 2.34. The molecule has 0 unspecified atom stereocenters. The average molecular weight is 445 g/mol. The molecular weight excluding hydrogens is 416 g/mol. The third kappa shape index (κ3) is 4.32. The fourth-order valence-electron chi connectivity index (χ4n) is 4.59. The minimum atomic E-state index is -0.348. The van der Waals surface area contributed by atoms with E-state index in [-0.39, 0.29) is 18.1 Å². The van der Waals surface area contributed by atoms with Gasteiger partial charge in [0.25, 0.3) is 0 Å². The van der Waals surface area contributed by atoms with E-state index in [2.05, 4.69) is 26.9 Å². The van der Waals surface area contributed by atoms with Crippen LogP contribution < -0.4 is 10.2 Å². The normalized spacial score (nSPS) is 24.6. The molecule has 0 saturated carbocycles. The summed E-state index contributed by atoms with van der Waals surface area (Å²) >= 11 is 1.88. The maximum Gasteiger partial charge on any atom is 0.414 e. The summed E-state index contributed by atoms with van der Waals surface area (Å²) in [6.07, 6.45) is 2.54. The van der Waals surface area contributed by atoms with Crippen molar-refractivity contribution in [1.82, 2.24) is 14.7 Å². The number of carbonyl (C=O) groups is 2. The number of morpholine rings is 1. The molecule has 1 aromatic carbocycles. The summed E-state index contributed by atoms with van der Waals surface area (Å²) in [6, 6.07) is 6.34. The van der Waals surface area contributed by atoms with E-state index < -0.39 is 0 Å². The highest BCUT2D eigenvalue weighted by molar-refractivity contribution is 8.01. The number of carbonyl (C=O) groups excluding carboxylic acids is 2. The molecule has 3 heterocycles. The molecule has 3 aliphatic heterocycles. The van der Waals surface area contributed by atoms with Crippen LogP contribution in [0.25, 0.3) is 5.57 Å². The number of anilines is 1. The molecule has 1 N–H and O–H groups in total. The predicted molar refractivity (Wildman–Crippen MR) is 119 cm³/mol. The molecule has 2 saturated heterocycles. The average Bonchev–Trinajstić information content (AvgIpc) is 3.32. The van der Waals surface area contributed by atoms with Gasteiger partial charge in [-0.3, -0.25) is 9.69 Å². The molecule has 9 heteroatoms. The number of aryl methyl sites for hydroxylation is 1. The third-order valence-electron chi connectivity index (χ3n) is 6.18. The molecule has 2 amide bonds. The Hall–Kier alpha value is -2.07. The molecule has 5 rings (SSSR count). The van der Waals surface area contributed by atoms with Crippen LogP contribution in [0.3, 0.4) is 0 Å². The molecular formula is C22H28N4O4S. The fraction of sp³-hybridized carbons (Fsp3) is 0.545. The van der Waals surface area contributed by atoms with Crippen molar-refractivity contribution in [1.29, 1.82) is 0 Å². The number of nitrogens with zero attached hydrogens (tertiary/aromatic N) is 3. The summed E-state index contributed by atoms with van der Waals surface area (Å²) in [5.41, 5.74) is 4.89. The van der Waals surface area contributed by atoms with Crippen molar-refractivity contribution in [2.45, 2.75) is 32.3 Å². The molecule has 0 spiro atoms. The van der Waals surface area contributed by atoms with Crippen molar-refractivity contribution in [3.05, 3.63) is 34.2 Å². The maximum absolute atomic E-state index is 12.4. The quantitative estimate of drug-likeness (QED) is 0.715. The molecule has 4 aliphatic rings. The highest BCUT2D eigenvalue weighted by atomic mass is 32.2. The Labute approximate surface area is 186 Å². The Balaban J connectivity index is 1.32. The number of ether oxygens (including phenoxy) is 2. The molecule has 31 heavy (non-hydrogen) atoms. The van der Waals surface area contributed by atoms with Gasteiger partial charge in [-0.25, -0.2) is 9.80 Å². The number of hydrogen-bond acceptors (Lipinski definition) is 7. The summed E-state index contributed by atoms with van der Waals surface area (Å²) in [5, 5.41) is 5.12. The number of hydrazine groups is 1. The predicted octanol–water partition coefficient (Wildman–Crippen LogP) is 2.41. The first-order chi connectivity index (χ1) is 15.1. The van der Waals surface area contributed by atoms with Gasteiger partial charge in [-0.05, 0) is 60.0 Å². The number of nitrogens with one attached hydrogen (secondary N) is 1. The van der Waals surface area contributed by atoms with Crippen molar-refractivity contribution >= 4 is 35.2 Å². The lowest BCUT2D eigenvalue weighted by molar-refractivity contribution is -0.119. The molecule has 1 aromatic rings. The molecule has 166 valence electrons. The first kappa shape index (κ1) is 20.8. The first-order valence-electron chi connectivity index (χ1n) is 10.9. The van der Waals surface area contributed by atoms with Gasteiger partial charge in [0, 0.05) is 30.6 Å². The van der Waals surface area contributed by atoms with Crippen molar-refractivity contribution in [2.75, 3.05) is 50.8 Å². The Bertz CT molecular complexity index is 915. The number of benzene rings is 1. The first-order valence-corrected chi connectivity index (χ1v) is 11.7. The minimum absolute atomic E-state index is 0.121. The van der Waals surface area contributed by atoms with Gasteiger partial charge >= 0.3 is 6.09 Å². The smallest absolute Gasteiger partial charge is 0.414 e. The van der Waals surface area contributed by atoms with Gasteiger partial charge < -0.3 is 14.8 Å². The molecule has 0 bridgehead atoms. The van der Waals surface area contributed by atoms with E-state index in [9.17, 15) is 9.59 Å². The topological polar surface area (TPSA) is 74.4 Å². The lowest BCUT2D eigenvalue weighted by atomic mass is 9.98. The molecule has 0 aromatic heterocycles. The largest absolute Gasteiger partial charge is 0.442 e. The van der Waals surface area contributed by atoms with Crippen molar-refractivity contribution in [3.63, 3.8) is 0 Å². The summed E-state index contributed by atoms with van der Waals surface area (Å²) < 4.78 is 13.3. The van der Waals surface area contributed by atoms with Crippen LogP contribution in [0.4, 0.5) is 10.5 Å². The van der Waals surface area contributed by atoms with E-state index in [0.717, 1.165) is 57.8 Å². The van der Waals surface area contributed by atoms with Crippen LogP contribution in [0.2, 0.25) is 0 Å². The van der Waals surface area contributed by atoms with E-state index in [1.54, 1.807) is 4.90 Å². The monoisotopic (exact) mass is 444 g/mol. The summed E-state index contributed by atoms with van der Waals surface area (Å²) in [7, 11) is 0. The molecule has 1 aliphatic carbocycles. The Morgan fingerprint density at radius 3 is 2.90 bits per heavy atom. The Kier molecular flexibility index (Phi) is 5.92. The van der Waals surface area contributed by atoms with E-state index in [1.165, 1.54) is 28.5 Å². The second kappa shape index (κ2) is 8.82. The van der Waals surface area contributed by atoms with Crippen LogP contribution >= 0.6 is 11.9 Å². The van der Waals surface area contributed by atoms with Gasteiger partial charge in [-0.1, -0.05) is 6.07 Å². The number of amides is 2.